The van der Waals surface area contributed by atoms with Gasteiger partial charge in [0.25, 0.3) is 11.8 Å². The van der Waals surface area contributed by atoms with Crippen LogP contribution in [0.25, 0.3) is 5.57 Å². The highest BCUT2D eigenvalue weighted by Crippen LogP contribution is 2.35. The number of hydrogen-bond acceptors (Lipinski definition) is 4. The van der Waals surface area contributed by atoms with Crippen LogP contribution in [0.5, 0.6) is 5.75 Å². The van der Waals surface area contributed by atoms with Crippen molar-refractivity contribution in [3.05, 3.63) is 94.6 Å². The van der Waals surface area contributed by atoms with Crippen LogP contribution in [0.2, 0.25) is 5.02 Å². The minimum Gasteiger partial charge on any atom is -0.497 e. The van der Waals surface area contributed by atoms with Crippen LogP contribution in [0.4, 0.5) is 11.4 Å². The quantitative estimate of drug-likeness (QED) is 0.536. The highest BCUT2D eigenvalue weighted by molar-refractivity contribution is 6.46. The molecule has 0 aromatic heterocycles. The summed E-state index contributed by atoms with van der Waals surface area (Å²) in [7, 11) is 1.58. The Morgan fingerprint density at radius 3 is 2.26 bits per heavy atom. The first-order valence-electron chi connectivity index (χ1n) is 9.91. The van der Waals surface area contributed by atoms with Crippen LogP contribution in [0, 0.1) is 0 Å². The van der Waals surface area contributed by atoms with Crippen molar-refractivity contribution in [2.45, 2.75) is 13.3 Å². The molecule has 2 amide bonds. The van der Waals surface area contributed by atoms with E-state index in [9.17, 15) is 9.59 Å². The van der Waals surface area contributed by atoms with Gasteiger partial charge in [-0.15, -0.1) is 0 Å². The average Bonchev–Trinajstić information content (AvgIpc) is 3.03. The lowest BCUT2D eigenvalue weighted by Gasteiger charge is -2.15. The van der Waals surface area contributed by atoms with Crippen LogP contribution in [-0.2, 0) is 16.0 Å². The number of nitrogens with zero attached hydrogens (tertiary/aromatic N) is 1. The third-order valence-electron chi connectivity index (χ3n) is 5.16. The van der Waals surface area contributed by atoms with Gasteiger partial charge in [-0.2, -0.15) is 0 Å². The molecule has 3 aromatic rings. The summed E-state index contributed by atoms with van der Waals surface area (Å²) in [6, 6.07) is 21.5. The second-order valence-corrected chi connectivity index (χ2v) is 7.52. The number of nitrogens with one attached hydrogen (secondary N) is 1. The topological polar surface area (TPSA) is 58.6 Å². The zero-order chi connectivity index (χ0) is 22.0. The van der Waals surface area contributed by atoms with E-state index in [0.29, 0.717) is 27.6 Å². The Hall–Kier alpha value is -3.57. The van der Waals surface area contributed by atoms with E-state index >= 15 is 0 Å². The summed E-state index contributed by atoms with van der Waals surface area (Å²) in [6.07, 6.45) is 0.917. The molecular weight excluding hydrogens is 412 g/mol. The van der Waals surface area contributed by atoms with E-state index in [-0.39, 0.29) is 5.70 Å². The van der Waals surface area contributed by atoms with Gasteiger partial charge in [-0.25, -0.2) is 4.90 Å². The average molecular weight is 433 g/mol. The van der Waals surface area contributed by atoms with E-state index in [1.54, 1.807) is 55.6 Å². The molecule has 0 bridgehead atoms. The molecule has 0 unspecified atom stereocenters. The minimum atomic E-state index is -0.433. The fraction of sp³-hybridized carbons (Fsp3) is 0.120. The molecule has 0 radical (unpaired) electrons. The molecule has 0 aliphatic carbocycles. The molecule has 0 atom stereocenters. The van der Waals surface area contributed by atoms with Crippen molar-refractivity contribution in [1.82, 2.24) is 0 Å². The lowest BCUT2D eigenvalue weighted by molar-refractivity contribution is -0.120. The molecule has 3 aromatic carbocycles. The van der Waals surface area contributed by atoms with Crippen molar-refractivity contribution < 1.29 is 14.3 Å². The molecule has 0 saturated heterocycles. The highest BCUT2D eigenvalue weighted by Gasteiger charge is 2.40. The van der Waals surface area contributed by atoms with Gasteiger partial charge >= 0.3 is 0 Å². The van der Waals surface area contributed by atoms with E-state index in [1.807, 2.05) is 24.3 Å². The maximum atomic E-state index is 13.4. The molecule has 1 aliphatic rings. The van der Waals surface area contributed by atoms with Crippen LogP contribution >= 0.6 is 11.6 Å². The summed E-state index contributed by atoms with van der Waals surface area (Å²) in [5.74, 6) is -0.180. The first-order valence-corrected chi connectivity index (χ1v) is 10.3. The van der Waals surface area contributed by atoms with Crippen molar-refractivity contribution in [3.63, 3.8) is 0 Å². The fourth-order valence-corrected chi connectivity index (χ4v) is 3.67. The Balaban J connectivity index is 1.79. The Kier molecular flexibility index (Phi) is 5.78. The Morgan fingerprint density at radius 1 is 0.935 bits per heavy atom. The molecule has 4 rings (SSSR count). The molecule has 0 fully saturated rings. The summed E-state index contributed by atoms with van der Waals surface area (Å²) in [6.45, 7) is 2.08. The Labute approximate surface area is 185 Å². The van der Waals surface area contributed by atoms with Gasteiger partial charge in [-0.1, -0.05) is 48.9 Å². The summed E-state index contributed by atoms with van der Waals surface area (Å²) in [4.78, 5) is 27.9. The molecule has 6 heteroatoms. The number of anilines is 2. The largest absolute Gasteiger partial charge is 0.497 e. The number of halogens is 1. The summed E-state index contributed by atoms with van der Waals surface area (Å²) in [5, 5.41) is 3.61. The zero-order valence-electron chi connectivity index (χ0n) is 17.2. The summed E-state index contributed by atoms with van der Waals surface area (Å²) >= 11 is 6.11. The van der Waals surface area contributed by atoms with E-state index in [1.165, 1.54) is 5.56 Å². The molecule has 0 spiro atoms. The summed E-state index contributed by atoms with van der Waals surface area (Å²) < 4.78 is 5.22. The van der Waals surface area contributed by atoms with Crippen molar-refractivity contribution in [2.24, 2.45) is 0 Å². The van der Waals surface area contributed by atoms with Crippen molar-refractivity contribution in [1.29, 1.82) is 0 Å². The van der Waals surface area contributed by atoms with Crippen LogP contribution in [0.3, 0.4) is 0 Å². The number of hydrogen-bond donors (Lipinski definition) is 1. The maximum absolute atomic E-state index is 13.4. The predicted octanol–water partition coefficient (Wildman–Crippen LogP) is 5.31. The third kappa shape index (κ3) is 4.05. The van der Waals surface area contributed by atoms with Gasteiger partial charge in [-0.05, 0) is 60.0 Å². The monoisotopic (exact) mass is 432 g/mol. The van der Waals surface area contributed by atoms with Gasteiger partial charge in [-0.3, -0.25) is 9.59 Å². The van der Waals surface area contributed by atoms with E-state index < -0.39 is 11.8 Å². The second-order valence-electron chi connectivity index (χ2n) is 7.08. The fourth-order valence-electron chi connectivity index (χ4n) is 3.49. The molecule has 156 valence electrons. The van der Waals surface area contributed by atoms with E-state index in [0.717, 1.165) is 17.0 Å². The zero-order valence-corrected chi connectivity index (χ0v) is 17.9. The van der Waals surface area contributed by atoms with Crippen molar-refractivity contribution in [3.8, 4) is 5.75 Å². The first kappa shape index (κ1) is 20.7. The number of methoxy groups -OCH3 is 1. The minimum absolute atomic E-state index is 0.222. The number of carbonyl (C=O) groups is 2. The number of ether oxygens (including phenoxy) is 1. The first-order chi connectivity index (χ1) is 15.0. The second kappa shape index (κ2) is 8.66. The van der Waals surface area contributed by atoms with Gasteiger partial charge in [0.05, 0.1) is 18.4 Å². The van der Waals surface area contributed by atoms with Gasteiger partial charge in [0.15, 0.2) is 0 Å². The number of benzene rings is 3. The normalized spacial score (nSPS) is 13.7. The highest BCUT2D eigenvalue weighted by atomic mass is 35.5. The predicted molar refractivity (Wildman–Crippen MR) is 123 cm³/mol. The number of imide groups is 1. The third-order valence-corrected chi connectivity index (χ3v) is 5.40. The molecule has 31 heavy (non-hydrogen) atoms. The Morgan fingerprint density at radius 2 is 1.65 bits per heavy atom. The lowest BCUT2D eigenvalue weighted by atomic mass is 10.0. The van der Waals surface area contributed by atoms with E-state index in [2.05, 4.69) is 12.2 Å². The van der Waals surface area contributed by atoms with Crippen LogP contribution in [-0.4, -0.2) is 18.9 Å². The van der Waals surface area contributed by atoms with Crippen LogP contribution in [0.1, 0.15) is 18.1 Å². The number of aryl methyl sites for hydroxylation is 1. The molecular formula is C25H21ClN2O3. The molecule has 5 nitrogen and oxygen atoms in total. The van der Waals surface area contributed by atoms with Crippen molar-refractivity contribution in [2.75, 3.05) is 17.3 Å². The summed E-state index contributed by atoms with van der Waals surface area (Å²) in [5.41, 5.74) is 3.48. The maximum Gasteiger partial charge on any atom is 0.282 e. The van der Waals surface area contributed by atoms with Crippen LogP contribution < -0.4 is 15.0 Å². The molecule has 0 saturated carbocycles. The van der Waals surface area contributed by atoms with Gasteiger partial charge in [0.1, 0.15) is 11.4 Å². The van der Waals surface area contributed by atoms with E-state index in [4.69, 9.17) is 16.3 Å². The Bertz CT molecular complexity index is 1170. The smallest absolute Gasteiger partial charge is 0.282 e. The standard InChI is InChI=1S/C25H21ClN2O3/c1-3-16-7-11-19(12-8-16)27-23-22(17-9-13-21(31-2)14-10-17)24(29)28(25(23)30)20-6-4-5-18(26)15-20/h4-15,27H,3H2,1-2H3. The van der Waals surface area contributed by atoms with Gasteiger partial charge in [0.2, 0.25) is 0 Å². The number of amides is 2. The SMILES string of the molecule is CCc1ccc(NC2=C(c3ccc(OC)cc3)C(=O)N(c3cccc(Cl)c3)C2=O)cc1. The number of carbonyl (C=O) groups excluding carboxylic acids is 2. The molecule has 1 heterocycles. The van der Waals surface area contributed by atoms with Gasteiger partial charge < -0.3 is 10.1 Å². The lowest BCUT2D eigenvalue weighted by Crippen LogP contribution is -2.32. The molecule has 1 N–H and O–H groups in total. The van der Waals surface area contributed by atoms with Crippen LogP contribution in [0.15, 0.2) is 78.5 Å². The van der Waals surface area contributed by atoms with Gasteiger partial charge in [0, 0.05) is 10.7 Å². The molecule has 1 aliphatic heterocycles. The number of rotatable bonds is 6. The van der Waals surface area contributed by atoms with Crippen molar-refractivity contribution >= 4 is 40.4 Å².